The van der Waals surface area contributed by atoms with Gasteiger partial charge in [-0.15, -0.1) is 6.58 Å². The first kappa shape index (κ1) is 15.6. The van der Waals surface area contributed by atoms with Crippen LogP contribution in [-0.2, 0) is 4.74 Å². The summed E-state index contributed by atoms with van der Waals surface area (Å²) in [6, 6.07) is 0. The number of hydrogen-bond acceptors (Lipinski definition) is 4. The maximum absolute atomic E-state index is 9.97. The van der Waals surface area contributed by atoms with Crippen molar-refractivity contribution in [3.05, 3.63) is 12.7 Å². The van der Waals surface area contributed by atoms with Crippen molar-refractivity contribution in [1.82, 2.24) is 9.80 Å². The van der Waals surface area contributed by atoms with E-state index in [1.807, 2.05) is 13.8 Å². The maximum atomic E-state index is 9.97. The van der Waals surface area contributed by atoms with Crippen LogP contribution in [0, 0.1) is 0 Å². The lowest BCUT2D eigenvalue weighted by Crippen LogP contribution is -2.49. The van der Waals surface area contributed by atoms with Gasteiger partial charge in [-0.05, 0) is 20.4 Å². The van der Waals surface area contributed by atoms with Crippen LogP contribution in [0.3, 0.4) is 0 Å². The fraction of sp³-hybridized carbons (Fsp3) is 0.857. The lowest BCUT2D eigenvalue weighted by Gasteiger charge is -2.35. The molecule has 0 amide bonds. The Balaban J connectivity index is 2.21. The van der Waals surface area contributed by atoms with E-state index in [0.29, 0.717) is 13.2 Å². The molecule has 1 rings (SSSR count). The predicted octanol–water partition coefficient (Wildman–Crippen LogP) is 0.966. The Bertz CT molecular complexity index is 248. The number of aliphatic hydroxyl groups is 1. The number of β-amino-alcohol motifs (C(OH)–C–C–N with tert-alkyl or cyclic N) is 1. The Hall–Kier alpha value is -0.420. The largest absolute Gasteiger partial charge is 0.389 e. The molecule has 0 aromatic carbocycles. The standard InChI is InChI=1S/C14H28N2O2/c1-5-14(3,4)18-12-13(17)11-16-9-7-15(6-2)8-10-16/h5,13,17H,1,6-12H2,2-4H3/t13-/m0/s1. The minimum Gasteiger partial charge on any atom is -0.389 e. The normalized spacial score (nSPS) is 20.9. The molecular weight excluding hydrogens is 228 g/mol. The van der Waals surface area contributed by atoms with Gasteiger partial charge < -0.3 is 14.7 Å². The van der Waals surface area contributed by atoms with Gasteiger partial charge in [0.25, 0.3) is 0 Å². The molecule has 1 atom stereocenters. The predicted molar refractivity (Wildman–Crippen MR) is 74.8 cm³/mol. The van der Waals surface area contributed by atoms with Crippen LogP contribution in [0.15, 0.2) is 12.7 Å². The molecule has 0 unspecified atom stereocenters. The summed E-state index contributed by atoms with van der Waals surface area (Å²) < 4.78 is 5.62. The van der Waals surface area contributed by atoms with Crippen molar-refractivity contribution >= 4 is 0 Å². The zero-order valence-corrected chi connectivity index (χ0v) is 12.1. The van der Waals surface area contributed by atoms with Gasteiger partial charge in [0, 0.05) is 32.7 Å². The van der Waals surface area contributed by atoms with E-state index < -0.39 is 6.10 Å². The number of aliphatic hydroxyl groups excluding tert-OH is 1. The van der Waals surface area contributed by atoms with Gasteiger partial charge in [-0.25, -0.2) is 0 Å². The van der Waals surface area contributed by atoms with Crippen LogP contribution in [0.5, 0.6) is 0 Å². The van der Waals surface area contributed by atoms with Crippen LogP contribution in [-0.4, -0.2) is 72.5 Å². The number of nitrogens with zero attached hydrogens (tertiary/aromatic N) is 2. The third kappa shape index (κ3) is 5.48. The number of piperazine rings is 1. The molecule has 0 spiro atoms. The Morgan fingerprint density at radius 2 is 1.83 bits per heavy atom. The highest BCUT2D eigenvalue weighted by Gasteiger charge is 2.20. The highest BCUT2D eigenvalue weighted by molar-refractivity contribution is 4.89. The Kier molecular flexibility index (Phi) is 6.29. The fourth-order valence-corrected chi connectivity index (χ4v) is 2.01. The highest BCUT2D eigenvalue weighted by Crippen LogP contribution is 2.11. The van der Waals surface area contributed by atoms with Gasteiger partial charge in [-0.1, -0.05) is 13.0 Å². The average Bonchev–Trinajstić information content (AvgIpc) is 2.37. The number of likely N-dealkylation sites (N-methyl/N-ethyl adjacent to an activating group) is 1. The number of ether oxygens (including phenoxy) is 1. The van der Waals surface area contributed by atoms with Crippen molar-refractivity contribution in [2.45, 2.75) is 32.5 Å². The van der Waals surface area contributed by atoms with E-state index in [9.17, 15) is 5.11 Å². The summed E-state index contributed by atoms with van der Waals surface area (Å²) in [5.41, 5.74) is -0.359. The first-order chi connectivity index (χ1) is 8.46. The van der Waals surface area contributed by atoms with Crippen LogP contribution < -0.4 is 0 Å². The smallest absolute Gasteiger partial charge is 0.0900 e. The Morgan fingerprint density at radius 3 is 2.33 bits per heavy atom. The van der Waals surface area contributed by atoms with Gasteiger partial charge >= 0.3 is 0 Å². The van der Waals surface area contributed by atoms with E-state index in [1.54, 1.807) is 6.08 Å². The van der Waals surface area contributed by atoms with Gasteiger partial charge in [-0.2, -0.15) is 0 Å². The molecule has 18 heavy (non-hydrogen) atoms. The van der Waals surface area contributed by atoms with Crippen molar-refractivity contribution in [3.8, 4) is 0 Å². The van der Waals surface area contributed by atoms with E-state index in [0.717, 1.165) is 32.7 Å². The Labute approximate surface area is 111 Å². The van der Waals surface area contributed by atoms with Crippen LogP contribution in [0.4, 0.5) is 0 Å². The molecule has 0 radical (unpaired) electrons. The lowest BCUT2D eigenvalue weighted by molar-refractivity contribution is -0.0448. The van der Waals surface area contributed by atoms with Crippen molar-refractivity contribution in [2.24, 2.45) is 0 Å². The number of rotatable bonds is 7. The monoisotopic (exact) mass is 256 g/mol. The van der Waals surface area contributed by atoms with E-state index in [-0.39, 0.29) is 5.60 Å². The molecule has 106 valence electrons. The second-order valence-corrected chi connectivity index (χ2v) is 5.51. The molecule has 1 N–H and O–H groups in total. The first-order valence-corrected chi connectivity index (χ1v) is 6.87. The van der Waals surface area contributed by atoms with E-state index in [2.05, 4.69) is 23.3 Å². The van der Waals surface area contributed by atoms with Crippen molar-refractivity contribution < 1.29 is 9.84 Å². The minimum atomic E-state index is -0.419. The second kappa shape index (κ2) is 7.24. The molecule has 1 heterocycles. The fourth-order valence-electron chi connectivity index (χ4n) is 2.01. The molecule has 0 saturated carbocycles. The lowest BCUT2D eigenvalue weighted by atomic mass is 10.1. The molecule has 1 fully saturated rings. The summed E-state index contributed by atoms with van der Waals surface area (Å²) in [4.78, 5) is 4.74. The van der Waals surface area contributed by atoms with Crippen molar-refractivity contribution in [2.75, 3.05) is 45.9 Å². The third-order valence-electron chi connectivity index (χ3n) is 3.52. The molecule has 0 bridgehead atoms. The molecule has 1 saturated heterocycles. The second-order valence-electron chi connectivity index (χ2n) is 5.51. The van der Waals surface area contributed by atoms with Gasteiger partial charge in [-0.3, -0.25) is 4.90 Å². The van der Waals surface area contributed by atoms with Crippen LogP contribution in [0.1, 0.15) is 20.8 Å². The van der Waals surface area contributed by atoms with E-state index in [1.165, 1.54) is 0 Å². The third-order valence-corrected chi connectivity index (χ3v) is 3.52. The van der Waals surface area contributed by atoms with Crippen molar-refractivity contribution in [1.29, 1.82) is 0 Å². The molecular formula is C14H28N2O2. The van der Waals surface area contributed by atoms with Gasteiger partial charge in [0.05, 0.1) is 18.3 Å². The summed E-state index contributed by atoms with van der Waals surface area (Å²) in [5, 5.41) is 9.97. The molecule has 4 heteroatoms. The van der Waals surface area contributed by atoms with E-state index >= 15 is 0 Å². The maximum Gasteiger partial charge on any atom is 0.0900 e. The van der Waals surface area contributed by atoms with Gasteiger partial charge in [0.2, 0.25) is 0 Å². The summed E-state index contributed by atoms with van der Waals surface area (Å²) in [6.07, 6.45) is 1.34. The summed E-state index contributed by atoms with van der Waals surface area (Å²) in [6.45, 7) is 16.3. The molecule has 0 aliphatic carbocycles. The minimum absolute atomic E-state index is 0.359. The molecule has 1 aliphatic rings. The van der Waals surface area contributed by atoms with Crippen LogP contribution in [0.25, 0.3) is 0 Å². The average molecular weight is 256 g/mol. The Morgan fingerprint density at radius 1 is 1.28 bits per heavy atom. The summed E-state index contributed by atoms with van der Waals surface area (Å²) in [5.74, 6) is 0. The molecule has 1 aliphatic heterocycles. The van der Waals surface area contributed by atoms with Crippen LogP contribution >= 0.6 is 0 Å². The van der Waals surface area contributed by atoms with Gasteiger partial charge in [0.1, 0.15) is 0 Å². The zero-order valence-electron chi connectivity index (χ0n) is 12.1. The number of hydrogen-bond donors (Lipinski definition) is 1. The zero-order chi connectivity index (χ0) is 13.6. The van der Waals surface area contributed by atoms with Gasteiger partial charge in [0.15, 0.2) is 0 Å². The highest BCUT2D eigenvalue weighted by atomic mass is 16.5. The van der Waals surface area contributed by atoms with Crippen LogP contribution in [0.2, 0.25) is 0 Å². The van der Waals surface area contributed by atoms with E-state index in [4.69, 9.17) is 4.74 Å². The quantitative estimate of drug-likeness (QED) is 0.689. The first-order valence-electron chi connectivity index (χ1n) is 6.87. The summed E-state index contributed by atoms with van der Waals surface area (Å²) in [7, 11) is 0. The summed E-state index contributed by atoms with van der Waals surface area (Å²) >= 11 is 0. The van der Waals surface area contributed by atoms with Crippen molar-refractivity contribution in [3.63, 3.8) is 0 Å². The topological polar surface area (TPSA) is 35.9 Å². The molecule has 0 aromatic rings. The molecule has 4 nitrogen and oxygen atoms in total. The molecule has 0 aromatic heterocycles. The SMILES string of the molecule is C=CC(C)(C)OC[C@@H](O)CN1CCN(CC)CC1.